The Bertz CT molecular complexity index is 293. The molecule has 78 valence electrons. The normalized spacial score (nSPS) is 15.8. The fourth-order valence-corrected chi connectivity index (χ4v) is 1.91. The smallest absolute Gasteiger partial charge is 0.228 e. The van der Waals surface area contributed by atoms with Crippen molar-refractivity contribution in [2.45, 2.75) is 45.4 Å². The molecule has 3 nitrogen and oxygen atoms in total. The molecular weight excluding hydrogens is 176 g/mol. The Morgan fingerprint density at radius 1 is 1.43 bits per heavy atom. The monoisotopic (exact) mass is 194 g/mol. The van der Waals surface area contributed by atoms with Crippen molar-refractivity contribution < 1.29 is 4.52 Å². The van der Waals surface area contributed by atoms with Crippen LogP contribution >= 0.6 is 0 Å². The average Bonchev–Trinajstić information content (AvgIpc) is 2.45. The molecule has 0 saturated carbocycles. The van der Waals surface area contributed by atoms with Gasteiger partial charge in [-0.1, -0.05) is 18.5 Å². The fourth-order valence-electron chi connectivity index (χ4n) is 1.91. The van der Waals surface area contributed by atoms with Crippen LogP contribution in [0.1, 0.15) is 43.9 Å². The Balaban J connectivity index is 2.12. The summed E-state index contributed by atoms with van der Waals surface area (Å²) in [6.45, 7) is 3.23. The van der Waals surface area contributed by atoms with Crippen molar-refractivity contribution in [1.82, 2.24) is 5.16 Å². The predicted octanol–water partition coefficient (Wildman–Crippen LogP) is 2.77. The molecule has 0 unspecified atom stereocenters. The van der Waals surface area contributed by atoms with E-state index in [0.717, 1.165) is 25.3 Å². The molecule has 0 aliphatic carbocycles. The minimum absolute atomic E-state index is 0.925. The van der Waals surface area contributed by atoms with Crippen molar-refractivity contribution >= 4 is 5.88 Å². The highest BCUT2D eigenvalue weighted by Gasteiger charge is 2.16. The summed E-state index contributed by atoms with van der Waals surface area (Å²) in [7, 11) is 0. The maximum Gasteiger partial charge on any atom is 0.228 e. The van der Waals surface area contributed by atoms with E-state index in [-0.39, 0.29) is 0 Å². The van der Waals surface area contributed by atoms with Crippen molar-refractivity contribution in [3.8, 4) is 0 Å². The quantitative estimate of drug-likeness (QED) is 0.804. The first kappa shape index (κ1) is 9.56. The first-order chi connectivity index (χ1) is 6.92. The number of aromatic nitrogens is 1. The number of hydrogen-bond acceptors (Lipinski definition) is 3. The maximum atomic E-state index is 5.30. The second kappa shape index (κ2) is 4.49. The summed E-state index contributed by atoms with van der Waals surface area (Å²) in [5.41, 5.74) is 2.51. The van der Waals surface area contributed by atoms with Gasteiger partial charge in [-0.05, 0) is 32.1 Å². The molecule has 1 aliphatic rings. The summed E-state index contributed by atoms with van der Waals surface area (Å²) in [4.78, 5) is 0. The van der Waals surface area contributed by atoms with Crippen molar-refractivity contribution in [3.63, 3.8) is 0 Å². The Hall–Kier alpha value is -0.990. The van der Waals surface area contributed by atoms with Gasteiger partial charge in [-0.3, -0.25) is 0 Å². The van der Waals surface area contributed by atoms with E-state index in [1.165, 1.54) is 36.9 Å². The third-order valence-corrected chi connectivity index (χ3v) is 2.78. The maximum absolute atomic E-state index is 5.30. The van der Waals surface area contributed by atoms with Gasteiger partial charge in [0.1, 0.15) is 0 Å². The highest BCUT2D eigenvalue weighted by atomic mass is 16.5. The minimum Gasteiger partial charge on any atom is -0.354 e. The van der Waals surface area contributed by atoms with Gasteiger partial charge in [0.15, 0.2) is 0 Å². The van der Waals surface area contributed by atoms with Crippen LogP contribution < -0.4 is 5.32 Å². The molecule has 1 aromatic heterocycles. The van der Waals surface area contributed by atoms with Crippen LogP contribution in [-0.4, -0.2) is 11.7 Å². The van der Waals surface area contributed by atoms with Crippen LogP contribution in [-0.2, 0) is 12.8 Å². The van der Waals surface area contributed by atoms with Gasteiger partial charge < -0.3 is 9.84 Å². The number of anilines is 1. The molecule has 1 aliphatic heterocycles. The molecule has 2 rings (SSSR count). The largest absolute Gasteiger partial charge is 0.354 e. The van der Waals surface area contributed by atoms with Gasteiger partial charge in [0.2, 0.25) is 5.88 Å². The number of rotatable bonds is 3. The zero-order chi connectivity index (χ0) is 9.80. The van der Waals surface area contributed by atoms with E-state index in [1.54, 1.807) is 0 Å². The highest BCUT2D eigenvalue weighted by Crippen LogP contribution is 2.25. The molecule has 0 atom stereocenters. The highest BCUT2D eigenvalue weighted by molar-refractivity contribution is 5.44. The molecule has 1 N–H and O–H groups in total. The number of fused-ring (bicyclic) bond motifs is 1. The van der Waals surface area contributed by atoms with E-state index >= 15 is 0 Å². The summed E-state index contributed by atoms with van der Waals surface area (Å²) in [6, 6.07) is 0. The minimum atomic E-state index is 0.925. The molecule has 0 fully saturated rings. The Morgan fingerprint density at radius 3 is 3.21 bits per heavy atom. The third-order valence-electron chi connectivity index (χ3n) is 2.78. The first-order valence-electron chi connectivity index (χ1n) is 5.63. The third kappa shape index (κ3) is 1.91. The van der Waals surface area contributed by atoms with Gasteiger partial charge in [-0.25, -0.2) is 0 Å². The summed E-state index contributed by atoms with van der Waals surface area (Å²) in [6.07, 6.45) is 7.10. The van der Waals surface area contributed by atoms with Gasteiger partial charge >= 0.3 is 0 Å². The summed E-state index contributed by atoms with van der Waals surface area (Å²) in [5, 5.41) is 7.43. The summed E-state index contributed by atoms with van der Waals surface area (Å²) in [5.74, 6) is 0.925. The van der Waals surface area contributed by atoms with E-state index in [1.807, 2.05) is 0 Å². The molecule has 0 amide bonds. The van der Waals surface area contributed by atoms with Crippen LogP contribution in [0, 0.1) is 0 Å². The van der Waals surface area contributed by atoms with Crippen molar-refractivity contribution in [2.75, 3.05) is 11.9 Å². The van der Waals surface area contributed by atoms with Crippen LogP contribution in [0.25, 0.3) is 0 Å². The number of unbranched alkanes of at least 4 members (excludes halogenated alkanes) is 1. The van der Waals surface area contributed by atoms with E-state index in [2.05, 4.69) is 17.4 Å². The summed E-state index contributed by atoms with van der Waals surface area (Å²) < 4.78 is 5.30. The molecular formula is C11H18N2O. The number of aryl methyl sites for hydroxylation is 1. The predicted molar refractivity (Wildman–Crippen MR) is 56.5 cm³/mol. The molecule has 14 heavy (non-hydrogen) atoms. The second-order valence-corrected chi connectivity index (χ2v) is 3.92. The zero-order valence-corrected chi connectivity index (χ0v) is 8.81. The van der Waals surface area contributed by atoms with E-state index < -0.39 is 0 Å². The fraction of sp³-hybridized carbons (Fsp3) is 0.727. The Labute approximate surface area is 84.9 Å². The van der Waals surface area contributed by atoms with Gasteiger partial charge in [0, 0.05) is 12.1 Å². The van der Waals surface area contributed by atoms with Crippen LogP contribution in [0.5, 0.6) is 0 Å². The lowest BCUT2D eigenvalue weighted by Gasteiger charge is -1.98. The van der Waals surface area contributed by atoms with Crippen LogP contribution in [0.4, 0.5) is 5.88 Å². The topological polar surface area (TPSA) is 38.1 Å². The number of nitrogens with zero attached hydrogens (tertiary/aromatic N) is 1. The number of hydrogen-bond donors (Lipinski definition) is 1. The van der Waals surface area contributed by atoms with Crippen LogP contribution in [0.15, 0.2) is 4.52 Å². The molecule has 0 radical (unpaired) electrons. The van der Waals surface area contributed by atoms with Crippen LogP contribution in [0.3, 0.4) is 0 Å². The molecule has 0 aromatic carbocycles. The second-order valence-electron chi connectivity index (χ2n) is 3.92. The molecule has 2 heterocycles. The van der Waals surface area contributed by atoms with Crippen molar-refractivity contribution in [1.29, 1.82) is 0 Å². The van der Waals surface area contributed by atoms with E-state index in [4.69, 9.17) is 4.52 Å². The van der Waals surface area contributed by atoms with E-state index in [0.29, 0.717) is 0 Å². The van der Waals surface area contributed by atoms with Gasteiger partial charge in [0.05, 0.1) is 5.69 Å². The zero-order valence-electron chi connectivity index (χ0n) is 8.81. The molecule has 3 heteroatoms. The van der Waals surface area contributed by atoms with E-state index in [9.17, 15) is 0 Å². The van der Waals surface area contributed by atoms with Crippen LogP contribution in [0.2, 0.25) is 0 Å². The van der Waals surface area contributed by atoms with Gasteiger partial charge in [-0.2, -0.15) is 0 Å². The Morgan fingerprint density at radius 2 is 2.36 bits per heavy atom. The average molecular weight is 194 g/mol. The molecule has 0 bridgehead atoms. The number of nitrogens with one attached hydrogen (secondary N) is 1. The molecule has 1 aromatic rings. The molecule has 0 spiro atoms. The standard InChI is InChI=1S/C11H18N2O/c1-2-3-7-10-9-6-4-5-8-12-11(9)14-13-10/h12H,2-8H2,1H3. The van der Waals surface area contributed by atoms with Gasteiger partial charge in [0.25, 0.3) is 0 Å². The molecule has 0 saturated heterocycles. The van der Waals surface area contributed by atoms with Crippen molar-refractivity contribution in [3.05, 3.63) is 11.3 Å². The lowest BCUT2D eigenvalue weighted by Crippen LogP contribution is -1.97. The van der Waals surface area contributed by atoms with Crippen molar-refractivity contribution in [2.24, 2.45) is 0 Å². The lowest BCUT2D eigenvalue weighted by molar-refractivity contribution is 0.422. The van der Waals surface area contributed by atoms with Gasteiger partial charge in [-0.15, -0.1) is 0 Å². The summed E-state index contributed by atoms with van der Waals surface area (Å²) >= 11 is 0. The first-order valence-corrected chi connectivity index (χ1v) is 5.63. The SMILES string of the molecule is CCCCc1noc2c1CCCCN2. The lowest BCUT2D eigenvalue weighted by atomic mass is 10.1. The Kier molecular flexibility index (Phi) is 3.07.